The minimum absolute atomic E-state index is 0.138. The van der Waals surface area contributed by atoms with Crippen LogP contribution in [0.25, 0.3) is 0 Å². The summed E-state index contributed by atoms with van der Waals surface area (Å²) in [6.45, 7) is 6.62. The van der Waals surface area contributed by atoms with Crippen molar-refractivity contribution in [1.82, 2.24) is 4.72 Å². The quantitative estimate of drug-likeness (QED) is 0.346. The van der Waals surface area contributed by atoms with E-state index in [1.165, 1.54) is 12.1 Å². The lowest BCUT2D eigenvalue weighted by Crippen LogP contribution is -2.28. The zero-order valence-corrected chi connectivity index (χ0v) is 20.7. The van der Waals surface area contributed by atoms with Crippen molar-refractivity contribution in [3.63, 3.8) is 0 Å². The zero-order chi connectivity index (χ0) is 23.8. The van der Waals surface area contributed by atoms with E-state index >= 15 is 0 Å². The van der Waals surface area contributed by atoms with Crippen molar-refractivity contribution in [2.75, 3.05) is 0 Å². The van der Waals surface area contributed by atoms with E-state index in [0.717, 1.165) is 30.4 Å². The molecule has 0 amide bonds. The third kappa shape index (κ3) is 9.31. The second-order valence-corrected chi connectivity index (χ2v) is 11.6. The van der Waals surface area contributed by atoms with Gasteiger partial charge >= 0.3 is 5.97 Å². The first-order valence-corrected chi connectivity index (χ1v) is 12.9. The molecule has 1 unspecified atom stereocenters. The molecule has 0 spiro atoms. The lowest BCUT2D eigenvalue weighted by atomic mass is 9.88. The number of rotatable bonds is 12. The second-order valence-electron chi connectivity index (χ2n) is 9.42. The molecular formula is C25H34ClNO4S. The van der Waals surface area contributed by atoms with Crippen molar-refractivity contribution in [2.45, 2.75) is 76.7 Å². The first kappa shape index (κ1) is 26.4. The number of sulfonamides is 1. The summed E-state index contributed by atoms with van der Waals surface area (Å²) in [6, 6.07) is 13.6. The van der Waals surface area contributed by atoms with Crippen LogP contribution >= 0.6 is 11.6 Å². The molecule has 0 heterocycles. The Hall–Kier alpha value is -1.89. The molecule has 1 atom stereocenters. The van der Waals surface area contributed by atoms with Crippen LogP contribution in [0, 0.1) is 5.41 Å². The molecule has 5 nitrogen and oxygen atoms in total. The van der Waals surface area contributed by atoms with Crippen LogP contribution in [-0.4, -0.2) is 19.5 Å². The summed E-state index contributed by atoms with van der Waals surface area (Å²) >= 11 is 5.91. The van der Waals surface area contributed by atoms with Gasteiger partial charge in [0.15, 0.2) is 0 Å². The molecule has 0 aliphatic rings. The maximum absolute atomic E-state index is 13.0. The van der Waals surface area contributed by atoms with E-state index in [-0.39, 0.29) is 22.8 Å². The molecule has 7 heteroatoms. The third-order valence-electron chi connectivity index (χ3n) is 5.33. The fourth-order valence-electron chi connectivity index (χ4n) is 3.53. The predicted octanol–water partition coefficient (Wildman–Crippen LogP) is 6.37. The average molecular weight is 480 g/mol. The number of carbonyl (C=O) groups is 1. The normalized spacial score (nSPS) is 13.1. The highest BCUT2D eigenvalue weighted by molar-refractivity contribution is 7.89. The summed E-state index contributed by atoms with van der Waals surface area (Å²) in [5.41, 5.74) is 2.19. The lowest BCUT2D eigenvalue weighted by Gasteiger charge is -2.22. The maximum atomic E-state index is 13.0. The maximum Gasteiger partial charge on any atom is 0.303 e. The molecule has 32 heavy (non-hydrogen) atoms. The Kier molecular flexibility index (Phi) is 9.74. The van der Waals surface area contributed by atoms with Gasteiger partial charge in [-0.25, -0.2) is 13.1 Å². The number of halogens is 1. The molecule has 0 saturated carbocycles. The number of nitrogens with one attached hydrogen (secondary N) is 1. The summed E-state index contributed by atoms with van der Waals surface area (Å²) < 4.78 is 28.8. The molecule has 0 aromatic heterocycles. The van der Waals surface area contributed by atoms with E-state index in [0.29, 0.717) is 24.3 Å². The highest BCUT2D eigenvalue weighted by atomic mass is 35.5. The lowest BCUT2D eigenvalue weighted by molar-refractivity contribution is -0.137. The molecular weight excluding hydrogens is 446 g/mol. The van der Waals surface area contributed by atoms with Crippen LogP contribution in [0.3, 0.4) is 0 Å². The van der Waals surface area contributed by atoms with Crippen LogP contribution < -0.4 is 4.72 Å². The SMILES string of the molecule is CC(C)(C)CCCCC(NS(=O)(=O)c1ccc(Cl)cc1)c1ccc(CCCC(=O)O)cc1. The first-order valence-electron chi connectivity index (χ1n) is 11.0. The van der Waals surface area contributed by atoms with Crippen molar-refractivity contribution in [3.8, 4) is 0 Å². The Morgan fingerprint density at radius 1 is 1.00 bits per heavy atom. The number of aryl methyl sites for hydroxylation is 1. The van der Waals surface area contributed by atoms with Gasteiger partial charge < -0.3 is 5.11 Å². The number of aliphatic carboxylic acids is 1. The number of carboxylic acid groups (broad SMARTS) is 1. The molecule has 0 fully saturated rings. The molecule has 176 valence electrons. The zero-order valence-electron chi connectivity index (χ0n) is 19.1. The van der Waals surface area contributed by atoms with Gasteiger partial charge in [-0.15, -0.1) is 0 Å². The van der Waals surface area contributed by atoms with Gasteiger partial charge in [0.1, 0.15) is 0 Å². The average Bonchev–Trinajstić information content (AvgIpc) is 2.70. The van der Waals surface area contributed by atoms with E-state index < -0.39 is 16.0 Å². The summed E-state index contributed by atoms with van der Waals surface area (Å²) in [4.78, 5) is 10.9. The van der Waals surface area contributed by atoms with E-state index in [4.69, 9.17) is 16.7 Å². The Labute approximate surface area is 197 Å². The van der Waals surface area contributed by atoms with Gasteiger partial charge in [0, 0.05) is 17.5 Å². The number of hydrogen-bond acceptors (Lipinski definition) is 3. The Bertz CT molecular complexity index is 964. The smallest absolute Gasteiger partial charge is 0.303 e. The van der Waals surface area contributed by atoms with Crippen LogP contribution in [0.15, 0.2) is 53.4 Å². The van der Waals surface area contributed by atoms with Gasteiger partial charge in [0.25, 0.3) is 0 Å². The van der Waals surface area contributed by atoms with Crippen LogP contribution in [0.1, 0.15) is 76.5 Å². The number of hydrogen-bond donors (Lipinski definition) is 2. The molecule has 0 aliphatic heterocycles. The number of carboxylic acids is 1. The third-order valence-corrected chi connectivity index (χ3v) is 7.07. The highest BCUT2D eigenvalue weighted by Crippen LogP contribution is 2.27. The second kappa shape index (κ2) is 11.8. The molecule has 0 saturated heterocycles. The van der Waals surface area contributed by atoms with Gasteiger partial charge in [-0.3, -0.25) is 4.79 Å². The molecule has 0 radical (unpaired) electrons. The standard InChI is InChI=1S/C25H34ClNO4S/c1-25(2,3)18-5-4-8-23(27-32(30,31)22-16-14-21(26)15-17-22)20-12-10-19(11-13-20)7-6-9-24(28)29/h10-17,23,27H,4-9,18H2,1-3H3,(H,28,29). The molecule has 2 aromatic carbocycles. The summed E-state index contributed by atoms with van der Waals surface area (Å²) in [6.07, 6.45) is 5.10. The number of unbranched alkanes of at least 4 members (excludes halogenated alkanes) is 1. The van der Waals surface area contributed by atoms with Gasteiger partial charge in [0.2, 0.25) is 10.0 Å². The first-order chi connectivity index (χ1) is 15.0. The van der Waals surface area contributed by atoms with Crippen molar-refractivity contribution in [2.24, 2.45) is 5.41 Å². The Morgan fingerprint density at radius 3 is 2.19 bits per heavy atom. The predicted molar refractivity (Wildman–Crippen MR) is 129 cm³/mol. The molecule has 0 aliphatic carbocycles. The summed E-state index contributed by atoms with van der Waals surface area (Å²) in [7, 11) is -3.70. The van der Waals surface area contributed by atoms with Crippen LogP contribution in [0.2, 0.25) is 5.02 Å². The minimum Gasteiger partial charge on any atom is -0.481 e. The fourth-order valence-corrected chi connectivity index (χ4v) is 4.91. The highest BCUT2D eigenvalue weighted by Gasteiger charge is 2.22. The largest absolute Gasteiger partial charge is 0.481 e. The fraction of sp³-hybridized carbons (Fsp3) is 0.480. The molecule has 2 N–H and O–H groups in total. The van der Waals surface area contributed by atoms with Gasteiger partial charge in [0.05, 0.1) is 4.90 Å². The summed E-state index contributed by atoms with van der Waals surface area (Å²) in [5.74, 6) is -0.798. The van der Waals surface area contributed by atoms with Crippen molar-refractivity contribution < 1.29 is 18.3 Å². The summed E-state index contributed by atoms with van der Waals surface area (Å²) in [5, 5.41) is 9.29. The van der Waals surface area contributed by atoms with Crippen molar-refractivity contribution in [3.05, 3.63) is 64.7 Å². The topological polar surface area (TPSA) is 83.5 Å². The van der Waals surface area contributed by atoms with E-state index in [9.17, 15) is 13.2 Å². The van der Waals surface area contributed by atoms with Crippen LogP contribution in [-0.2, 0) is 21.2 Å². The van der Waals surface area contributed by atoms with E-state index in [1.807, 2.05) is 24.3 Å². The molecule has 2 aromatic rings. The van der Waals surface area contributed by atoms with Crippen LogP contribution in [0.4, 0.5) is 0 Å². The van der Waals surface area contributed by atoms with Gasteiger partial charge in [-0.1, -0.05) is 69.5 Å². The van der Waals surface area contributed by atoms with Crippen LogP contribution in [0.5, 0.6) is 0 Å². The molecule has 2 rings (SSSR count). The van der Waals surface area contributed by atoms with Crippen molar-refractivity contribution in [1.29, 1.82) is 0 Å². The van der Waals surface area contributed by atoms with Gasteiger partial charge in [-0.2, -0.15) is 0 Å². The van der Waals surface area contributed by atoms with E-state index in [2.05, 4.69) is 25.5 Å². The Balaban J connectivity index is 2.14. The van der Waals surface area contributed by atoms with Crippen molar-refractivity contribution >= 4 is 27.6 Å². The van der Waals surface area contributed by atoms with Gasteiger partial charge in [-0.05, 0) is 66.5 Å². The number of benzene rings is 2. The minimum atomic E-state index is -3.70. The molecule has 0 bridgehead atoms. The Morgan fingerprint density at radius 2 is 1.62 bits per heavy atom. The monoisotopic (exact) mass is 479 g/mol. The van der Waals surface area contributed by atoms with E-state index in [1.54, 1.807) is 12.1 Å².